The Morgan fingerprint density at radius 3 is 2.23 bits per heavy atom. The molecular weight excluding hydrogens is 162 g/mol. The van der Waals surface area contributed by atoms with Crippen molar-refractivity contribution in [1.29, 1.82) is 0 Å². The van der Waals surface area contributed by atoms with Crippen LogP contribution in [0.1, 0.15) is 47.5 Å². The first-order valence-corrected chi connectivity index (χ1v) is 5.31. The zero-order valence-electron chi connectivity index (χ0n) is 9.63. The van der Waals surface area contributed by atoms with Crippen LogP contribution >= 0.6 is 0 Å². The number of hydrogen-bond acceptors (Lipinski definition) is 2. The molecule has 0 radical (unpaired) electrons. The highest BCUT2D eigenvalue weighted by molar-refractivity contribution is 5.62. The summed E-state index contributed by atoms with van der Waals surface area (Å²) < 4.78 is 0. The Kier molecular flexibility index (Phi) is 5.23. The summed E-state index contributed by atoms with van der Waals surface area (Å²) >= 11 is 0. The van der Waals surface area contributed by atoms with Crippen LogP contribution in [0.4, 0.5) is 0 Å². The zero-order valence-corrected chi connectivity index (χ0v) is 9.63. The van der Waals surface area contributed by atoms with E-state index in [1.165, 1.54) is 12.8 Å². The molecule has 0 saturated carbocycles. The van der Waals surface area contributed by atoms with Gasteiger partial charge < -0.3 is 4.79 Å². The van der Waals surface area contributed by atoms with E-state index in [1.807, 2.05) is 27.7 Å². The van der Waals surface area contributed by atoms with Crippen LogP contribution in [0.25, 0.3) is 0 Å². The fourth-order valence-electron chi connectivity index (χ4n) is 1.86. The Labute approximate surface area is 82.3 Å². The number of nitrogens with zero attached hydrogens (tertiary/aromatic N) is 1. The molecule has 2 nitrogen and oxygen atoms in total. The Morgan fingerprint density at radius 2 is 1.92 bits per heavy atom. The van der Waals surface area contributed by atoms with Crippen molar-refractivity contribution < 1.29 is 4.79 Å². The molecule has 0 N–H and O–H groups in total. The molecule has 1 saturated heterocycles. The summed E-state index contributed by atoms with van der Waals surface area (Å²) in [6.45, 7) is 11.2. The molecule has 0 aromatic rings. The molecule has 1 rings (SSSR count). The van der Waals surface area contributed by atoms with Crippen LogP contribution in [0.2, 0.25) is 0 Å². The molecule has 0 spiro atoms. The first kappa shape index (κ1) is 12.6. The van der Waals surface area contributed by atoms with E-state index < -0.39 is 0 Å². The van der Waals surface area contributed by atoms with Gasteiger partial charge in [0.2, 0.25) is 0 Å². The molecule has 1 atom stereocenters. The van der Waals surface area contributed by atoms with Gasteiger partial charge in [-0.25, -0.2) is 0 Å². The average molecular weight is 185 g/mol. The van der Waals surface area contributed by atoms with Crippen LogP contribution in [-0.2, 0) is 4.79 Å². The number of carbonyl (C=O) groups excluding carboxylic acids is 1. The fraction of sp³-hybridized carbons (Fsp3) is 0.909. The van der Waals surface area contributed by atoms with Crippen LogP contribution < -0.4 is 0 Å². The second kappa shape index (κ2) is 5.38. The topological polar surface area (TPSA) is 20.3 Å². The van der Waals surface area contributed by atoms with E-state index in [4.69, 9.17) is 0 Å². The maximum absolute atomic E-state index is 10.7. The summed E-state index contributed by atoms with van der Waals surface area (Å²) in [6, 6.07) is 0.579. The molecule has 1 unspecified atom stereocenters. The van der Waals surface area contributed by atoms with Gasteiger partial charge >= 0.3 is 0 Å². The van der Waals surface area contributed by atoms with Gasteiger partial charge in [-0.1, -0.05) is 13.8 Å². The molecule has 0 amide bonds. The molecular formula is C11H23NO. The van der Waals surface area contributed by atoms with Crippen LogP contribution in [0.3, 0.4) is 0 Å². The van der Waals surface area contributed by atoms with Crippen molar-refractivity contribution in [3.63, 3.8) is 0 Å². The number of hydrogen-bond donors (Lipinski definition) is 0. The Morgan fingerprint density at radius 1 is 1.38 bits per heavy atom. The molecule has 0 aromatic heterocycles. The van der Waals surface area contributed by atoms with Crippen LogP contribution in [0.5, 0.6) is 0 Å². The molecule has 0 aliphatic carbocycles. The first-order valence-electron chi connectivity index (χ1n) is 5.31. The predicted octanol–water partition coefficient (Wildman–Crippen LogP) is 2.47. The van der Waals surface area contributed by atoms with Crippen LogP contribution in [0, 0.1) is 0 Å². The Bertz CT molecular complexity index is 154. The van der Waals surface area contributed by atoms with Crippen molar-refractivity contribution in [3.8, 4) is 0 Å². The maximum atomic E-state index is 10.7. The van der Waals surface area contributed by atoms with Crippen molar-refractivity contribution in [2.75, 3.05) is 6.54 Å². The SMILES string of the molecule is CC.CC1CCCN1C(C)(C)C=O. The summed E-state index contributed by atoms with van der Waals surface area (Å²) in [5, 5.41) is 0. The van der Waals surface area contributed by atoms with E-state index in [1.54, 1.807) is 0 Å². The van der Waals surface area contributed by atoms with Gasteiger partial charge in [0.05, 0.1) is 5.54 Å². The number of rotatable bonds is 2. The molecule has 2 heteroatoms. The molecule has 1 aliphatic heterocycles. The smallest absolute Gasteiger partial charge is 0.139 e. The summed E-state index contributed by atoms with van der Waals surface area (Å²) in [6.07, 6.45) is 3.52. The molecule has 13 heavy (non-hydrogen) atoms. The lowest BCUT2D eigenvalue weighted by Gasteiger charge is -2.33. The Hall–Kier alpha value is -0.370. The normalized spacial score (nSPS) is 23.6. The number of likely N-dealkylation sites (tertiary alicyclic amines) is 1. The van der Waals surface area contributed by atoms with E-state index in [-0.39, 0.29) is 5.54 Å². The molecule has 1 aliphatic rings. The molecule has 1 heterocycles. The maximum Gasteiger partial charge on any atom is 0.139 e. The minimum absolute atomic E-state index is 0.254. The third-order valence-electron chi connectivity index (χ3n) is 2.58. The van der Waals surface area contributed by atoms with E-state index in [0.717, 1.165) is 12.8 Å². The highest BCUT2D eigenvalue weighted by atomic mass is 16.1. The zero-order chi connectivity index (χ0) is 10.5. The third kappa shape index (κ3) is 3.11. The van der Waals surface area contributed by atoms with E-state index in [2.05, 4.69) is 11.8 Å². The van der Waals surface area contributed by atoms with Crippen molar-refractivity contribution in [3.05, 3.63) is 0 Å². The predicted molar refractivity (Wildman–Crippen MR) is 56.9 cm³/mol. The first-order chi connectivity index (χ1) is 6.08. The largest absolute Gasteiger partial charge is 0.301 e. The average Bonchev–Trinajstić information content (AvgIpc) is 2.55. The lowest BCUT2D eigenvalue weighted by atomic mass is 10.0. The van der Waals surface area contributed by atoms with Crippen molar-refractivity contribution >= 4 is 6.29 Å². The van der Waals surface area contributed by atoms with Gasteiger partial charge in [-0.3, -0.25) is 4.90 Å². The Balaban J connectivity index is 0.000000671. The monoisotopic (exact) mass is 185 g/mol. The van der Waals surface area contributed by atoms with Crippen molar-refractivity contribution in [1.82, 2.24) is 4.90 Å². The molecule has 1 fully saturated rings. The van der Waals surface area contributed by atoms with Crippen molar-refractivity contribution in [2.45, 2.75) is 59.0 Å². The highest BCUT2D eigenvalue weighted by Crippen LogP contribution is 2.24. The van der Waals surface area contributed by atoms with E-state index in [9.17, 15) is 4.79 Å². The van der Waals surface area contributed by atoms with Gasteiger partial charge in [-0.05, 0) is 40.2 Å². The van der Waals surface area contributed by atoms with Gasteiger partial charge in [-0.15, -0.1) is 0 Å². The lowest BCUT2D eigenvalue weighted by Crippen LogP contribution is -2.46. The summed E-state index contributed by atoms with van der Waals surface area (Å²) in [5.41, 5.74) is -0.254. The van der Waals surface area contributed by atoms with Gasteiger partial charge in [0, 0.05) is 6.04 Å². The summed E-state index contributed by atoms with van der Waals surface area (Å²) in [4.78, 5) is 13.0. The number of aldehydes is 1. The quantitative estimate of drug-likeness (QED) is 0.616. The molecule has 0 bridgehead atoms. The van der Waals surface area contributed by atoms with E-state index >= 15 is 0 Å². The number of carbonyl (C=O) groups is 1. The molecule has 78 valence electrons. The highest BCUT2D eigenvalue weighted by Gasteiger charge is 2.32. The van der Waals surface area contributed by atoms with Gasteiger partial charge in [0.15, 0.2) is 0 Å². The van der Waals surface area contributed by atoms with Crippen molar-refractivity contribution in [2.24, 2.45) is 0 Å². The van der Waals surface area contributed by atoms with E-state index in [0.29, 0.717) is 6.04 Å². The lowest BCUT2D eigenvalue weighted by molar-refractivity contribution is -0.117. The van der Waals surface area contributed by atoms with Crippen LogP contribution in [0.15, 0.2) is 0 Å². The van der Waals surface area contributed by atoms with Crippen LogP contribution in [-0.4, -0.2) is 29.3 Å². The van der Waals surface area contributed by atoms with Gasteiger partial charge in [0.1, 0.15) is 6.29 Å². The minimum Gasteiger partial charge on any atom is -0.301 e. The second-order valence-corrected chi connectivity index (χ2v) is 3.96. The fourth-order valence-corrected chi connectivity index (χ4v) is 1.86. The second-order valence-electron chi connectivity index (χ2n) is 3.96. The molecule has 0 aromatic carbocycles. The standard InChI is InChI=1S/C9H17NO.C2H6/c1-8-5-4-6-10(8)9(2,3)7-11;1-2/h7-8H,4-6H2,1-3H3;1-2H3. The summed E-state index contributed by atoms with van der Waals surface area (Å²) in [7, 11) is 0. The summed E-state index contributed by atoms with van der Waals surface area (Å²) in [5.74, 6) is 0. The van der Waals surface area contributed by atoms with Gasteiger partial charge in [0.25, 0.3) is 0 Å². The minimum atomic E-state index is -0.254. The third-order valence-corrected chi connectivity index (χ3v) is 2.58. The van der Waals surface area contributed by atoms with Gasteiger partial charge in [-0.2, -0.15) is 0 Å².